The summed E-state index contributed by atoms with van der Waals surface area (Å²) in [5, 5.41) is 0. The molecular formula is C6H11BrMg. The van der Waals surface area contributed by atoms with Crippen LogP contribution in [0.25, 0.3) is 0 Å². The first-order valence-electron chi connectivity index (χ1n) is 3.12. The van der Waals surface area contributed by atoms with E-state index >= 15 is 0 Å². The lowest BCUT2D eigenvalue weighted by molar-refractivity contribution is 1.15. The summed E-state index contributed by atoms with van der Waals surface area (Å²) in [7, 11) is 0. The third kappa shape index (κ3) is 6.99. The summed E-state index contributed by atoms with van der Waals surface area (Å²) >= 11 is 3.65. The average molecular weight is 187 g/mol. The zero-order valence-corrected chi connectivity index (χ0v) is 8.36. The Morgan fingerprint density at radius 3 is 2.75 bits per heavy atom. The number of hydrogen-bond acceptors (Lipinski definition) is 0. The Hall–Kier alpha value is 0.986. The van der Waals surface area contributed by atoms with Gasteiger partial charge in [-0.15, -0.1) is 4.55 Å². The highest BCUT2D eigenvalue weighted by Gasteiger charge is 1.83. The molecule has 0 fully saturated rings. The molecule has 0 aromatic rings. The predicted molar refractivity (Wildman–Crippen MR) is 43.5 cm³/mol. The van der Waals surface area contributed by atoms with Crippen molar-refractivity contribution in [3.63, 3.8) is 0 Å². The van der Waals surface area contributed by atoms with E-state index in [1.807, 2.05) is 0 Å². The molecular weight excluding hydrogens is 176 g/mol. The second-order valence-corrected chi connectivity index (χ2v) is 5.17. The van der Waals surface area contributed by atoms with Crippen molar-refractivity contribution in [2.45, 2.75) is 24.3 Å². The van der Waals surface area contributed by atoms with Crippen molar-refractivity contribution in [3.05, 3.63) is 12.2 Å². The second-order valence-electron chi connectivity index (χ2n) is 1.71. The van der Waals surface area contributed by atoms with Crippen molar-refractivity contribution >= 4 is 31.1 Å². The third-order valence-corrected chi connectivity index (χ3v) is 3.26. The van der Waals surface area contributed by atoms with Gasteiger partial charge in [0.1, 0.15) is 0 Å². The third-order valence-electron chi connectivity index (χ3n) is 0.907. The predicted octanol–water partition coefficient (Wildman–Crippen LogP) is 2.78. The first kappa shape index (κ1) is 8.99. The van der Waals surface area contributed by atoms with Crippen molar-refractivity contribution in [2.75, 3.05) is 0 Å². The van der Waals surface area contributed by atoms with E-state index in [1.54, 1.807) is 0 Å². The lowest BCUT2D eigenvalue weighted by atomic mass is 10.3. The molecule has 0 bridgehead atoms. The number of allylic oxidation sites excluding steroid dienone is 2. The van der Waals surface area contributed by atoms with E-state index < -0.39 is 0 Å². The van der Waals surface area contributed by atoms with Crippen LogP contribution in [0.5, 0.6) is 0 Å². The van der Waals surface area contributed by atoms with Gasteiger partial charge >= 0.3 is 18.2 Å². The number of hydrogen-bond donors (Lipinski definition) is 0. The van der Waals surface area contributed by atoms with Crippen LogP contribution < -0.4 is 0 Å². The molecule has 0 heterocycles. The van der Waals surface area contributed by atoms with Gasteiger partial charge in [0.2, 0.25) is 0 Å². The van der Waals surface area contributed by atoms with Gasteiger partial charge in [-0.2, -0.15) is 0 Å². The molecule has 0 aliphatic carbocycles. The van der Waals surface area contributed by atoms with Gasteiger partial charge in [-0.1, -0.05) is 25.5 Å². The molecule has 0 aromatic heterocycles. The van der Waals surface area contributed by atoms with Gasteiger partial charge in [-0.25, -0.2) is 0 Å². The molecule has 2 heteroatoms. The summed E-state index contributed by atoms with van der Waals surface area (Å²) in [4.78, 5) is 0. The van der Waals surface area contributed by atoms with E-state index in [9.17, 15) is 0 Å². The van der Waals surface area contributed by atoms with Crippen LogP contribution in [0.2, 0.25) is 4.55 Å². The van der Waals surface area contributed by atoms with Gasteiger partial charge in [0, 0.05) is 0 Å². The van der Waals surface area contributed by atoms with E-state index in [0.717, 1.165) is 0 Å². The Labute approximate surface area is 67.3 Å². The molecule has 0 rings (SSSR count). The Kier molecular flexibility index (Phi) is 8.97. The monoisotopic (exact) mass is 186 g/mol. The molecule has 0 nitrogen and oxygen atoms in total. The number of rotatable bonds is 4. The van der Waals surface area contributed by atoms with Crippen LogP contribution in [0.1, 0.15) is 19.8 Å². The zero-order valence-electron chi connectivity index (χ0n) is 5.36. The van der Waals surface area contributed by atoms with Crippen LogP contribution in [-0.4, -0.2) is 18.2 Å². The summed E-state index contributed by atoms with van der Waals surface area (Å²) in [6, 6.07) is 0. The van der Waals surface area contributed by atoms with Crippen molar-refractivity contribution < 1.29 is 0 Å². The van der Waals surface area contributed by atoms with Gasteiger partial charge in [0.05, 0.1) is 0 Å². The molecule has 0 aliphatic heterocycles. The average Bonchev–Trinajstić information content (AvgIpc) is 1.81. The van der Waals surface area contributed by atoms with Crippen LogP contribution in [0.3, 0.4) is 0 Å². The summed E-state index contributed by atoms with van der Waals surface area (Å²) in [5.41, 5.74) is 0. The number of halogens is 1. The largest absolute Gasteiger partial charge is 0.468 e. The second kappa shape index (κ2) is 7.99. The van der Waals surface area contributed by atoms with Crippen molar-refractivity contribution in [1.82, 2.24) is 0 Å². The summed E-state index contributed by atoms with van der Waals surface area (Å²) < 4.78 is 1.40. The molecule has 8 heavy (non-hydrogen) atoms. The lowest BCUT2D eigenvalue weighted by Crippen LogP contribution is -1.71. The molecule has 0 amide bonds. The lowest BCUT2D eigenvalue weighted by Gasteiger charge is -1.82. The standard InChI is InChI=1S/C6H11.BrH.Mg/c1-3-5-6-4-2;;/h5-6H,1,3-4H2,2H3;1H;/q;;+1/p-1. The highest BCUT2D eigenvalue weighted by Crippen LogP contribution is 1.94. The van der Waals surface area contributed by atoms with Crippen LogP contribution in [0.15, 0.2) is 12.2 Å². The fourth-order valence-electron chi connectivity index (χ4n) is 0.480. The molecule has 0 spiro atoms. The summed E-state index contributed by atoms with van der Waals surface area (Å²) in [6.45, 7) is 2.17. The minimum atomic E-state index is 0.147. The first-order chi connectivity index (χ1) is 3.91. The Balaban J connectivity index is 2.80. The van der Waals surface area contributed by atoms with Crippen LogP contribution in [-0.2, 0) is 0 Å². The van der Waals surface area contributed by atoms with E-state index in [0.29, 0.717) is 0 Å². The van der Waals surface area contributed by atoms with E-state index in [4.69, 9.17) is 0 Å². The van der Waals surface area contributed by atoms with Gasteiger partial charge in [-0.3, -0.25) is 0 Å². The van der Waals surface area contributed by atoms with Crippen molar-refractivity contribution in [3.8, 4) is 0 Å². The summed E-state index contributed by atoms with van der Waals surface area (Å²) in [5.74, 6) is 0. The Morgan fingerprint density at radius 1 is 1.50 bits per heavy atom. The van der Waals surface area contributed by atoms with Gasteiger partial charge in [0.15, 0.2) is 0 Å². The Morgan fingerprint density at radius 2 is 2.25 bits per heavy atom. The van der Waals surface area contributed by atoms with Gasteiger partial charge in [0.25, 0.3) is 0 Å². The molecule has 0 aromatic carbocycles. The van der Waals surface area contributed by atoms with Crippen molar-refractivity contribution in [2.24, 2.45) is 0 Å². The maximum Gasteiger partial charge on any atom is 0.468 e. The van der Waals surface area contributed by atoms with Crippen LogP contribution >= 0.6 is 12.9 Å². The molecule has 0 saturated carbocycles. The molecule has 0 radical (unpaired) electrons. The minimum Gasteiger partial charge on any atom is -0.307 e. The molecule has 0 saturated heterocycles. The van der Waals surface area contributed by atoms with E-state index in [-0.39, 0.29) is 18.2 Å². The quantitative estimate of drug-likeness (QED) is 0.361. The minimum absolute atomic E-state index is 0.147. The molecule has 0 N–H and O–H groups in total. The highest BCUT2D eigenvalue weighted by atomic mass is 79.9. The van der Waals surface area contributed by atoms with Gasteiger partial charge < -0.3 is 12.9 Å². The van der Waals surface area contributed by atoms with Crippen molar-refractivity contribution in [1.29, 1.82) is 0 Å². The maximum absolute atomic E-state index is 3.51. The SMILES string of the molecule is CCC=CC[CH2][Mg][Br]. The highest BCUT2D eigenvalue weighted by molar-refractivity contribution is 9.23. The van der Waals surface area contributed by atoms with Crippen LogP contribution in [0.4, 0.5) is 0 Å². The van der Waals surface area contributed by atoms with E-state index in [2.05, 4.69) is 32.0 Å². The zero-order chi connectivity index (χ0) is 6.24. The van der Waals surface area contributed by atoms with E-state index in [1.165, 1.54) is 17.4 Å². The molecule has 0 atom stereocenters. The fourth-order valence-corrected chi connectivity index (χ4v) is 1.84. The first-order valence-corrected chi connectivity index (χ1v) is 8.02. The summed E-state index contributed by atoms with van der Waals surface area (Å²) in [6.07, 6.45) is 6.97. The van der Waals surface area contributed by atoms with Crippen LogP contribution in [0, 0.1) is 0 Å². The Bertz CT molecular complexity index is 61.5. The smallest absolute Gasteiger partial charge is 0.307 e. The molecule has 0 aliphatic rings. The molecule has 0 unspecified atom stereocenters. The van der Waals surface area contributed by atoms with Gasteiger partial charge in [-0.05, 0) is 6.42 Å². The molecule has 44 valence electrons. The maximum atomic E-state index is 3.51. The topological polar surface area (TPSA) is 0 Å². The normalized spacial score (nSPS) is 9.75. The fraction of sp³-hybridized carbons (Fsp3) is 0.667.